The predicted molar refractivity (Wildman–Crippen MR) is 104 cm³/mol. The fourth-order valence-corrected chi connectivity index (χ4v) is 4.49. The molecular formula is C18H17ClN2O6S. The van der Waals surface area contributed by atoms with Crippen molar-refractivity contribution in [3.8, 4) is 5.75 Å². The highest BCUT2D eigenvalue weighted by Gasteiger charge is 2.41. The van der Waals surface area contributed by atoms with Gasteiger partial charge >= 0.3 is 12.0 Å². The van der Waals surface area contributed by atoms with Gasteiger partial charge in [-0.25, -0.2) is 18.0 Å². The van der Waals surface area contributed by atoms with Gasteiger partial charge in [-0.15, -0.1) is 0 Å². The molecule has 28 heavy (non-hydrogen) atoms. The summed E-state index contributed by atoms with van der Waals surface area (Å²) in [6, 6.07) is 7.69. The average Bonchev–Trinajstić information content (AvgIpc) is 2.62. The maximum absolute atomic E-state index is 13.1. The number of rotatable bonds is 4. The van der Waals surface area contributed by atoms with E-state index < -0.39 is 28.1 Å². The van der Waals surface area contributed by atoms with Gasteiger partial charge in [0, 0.05) is 18.1 Å². The minimum atomic E-state index is -4.20. The van der Waals surface area contributed by atoms with Crippen LogP contribution in [0.4, 0.5) is 16.2 Å². The maximum atomic E-state index is 13.1. The summed E-state index contributed by atoms with van der Waals surface area (Å²) in [6.07, 6.45) is -1.13. The molecule has 0 unspecified atom stereocenters. The maximum Gasteiger partial charge on any atom is 0.344 e. The number of carbonyl (C=O) groups is 2. The van der Waals surface area contributed by atoms with E-state index in [2.05, 4.69) is 0 Å². The minimum absolute atomic E-state index is 0.0922. The molecule has 1 aliphatic rings. The molecule has 0 saturated carbocycles. The molecule has 1 heterocycles. The van der Waals surface area contributed by atoms with E-state index in [1.807, 2.05) is 0 Å². The SMILES string of the molecule is Cc1ccc(N2C(=O)N(C)c3cc(O[C@H](C)C(=O)O)ccc3S2(=O)=O)cc1Cl. The number of amides is 2. The number of urea groups is 1. The number of aryl methyl sites for hydroxylation is 1. The Morgan fingerprint density at radius 2 is 1.89 bits per heavy atom. The lowest BCUT2D eigenvalue weighted by Crippen LogP contribution is -2.49. The van der Waals surface area contributed by atoms with E-state index in [9.17, 15) is 18.0 Å². The van der Waals surface area contributed by atoms with Crippen LogP contribution in [0.2, 0.25) is 5.02 Å². The number of anilines is 2. The summed E-state index contributed by atoms with van der Waals surface area (Å²) in [6.45, 7) is 3.11. The lowest BCUT2D eigenvalue weighted by atomic mass is 10.2. The van der Waals surface area contributed by atoms with Crippen molar-refractivity contribution in [3.05, 3.63) is 47.0 Å². The van der Waals surface area contributed by atoms with Crippen molar-refractivity contribution in [2.24, 2.45) is 0 Å². The zero-order valence-electron chi connectivity index (χ0n) is 15.2. The van der Waals surface area contributed by atoms with E-state index in [0.29, 0.717) is 9.33 Å². The second-order valence-electron chi connectivity index (χ2n) is 6.27. The Kier molecular flexibility index (Phi) is 4.99. The number of hydrogen-bond acceptors (Lipinski definition) is 5. The van der Waals surface area contributed by atoms with Crippen LogP contribution >= 0.6 is 11.6 Å². The average molecular weight is 425 g/mol. The summed E-state index contributed by atoms with van der Waals surface area (Å²) in [5, 5.41) is 9.29. The molecule has 1 atom stereocenters. The van der Waals surface area contributed by atoms with Gasteiger partial charge in [-0.3, -0.25) is 4.90 Å². The third-order valence-corrected chi connectivity index (χ3v) is 6.48. The molecule has 0 fully saturated rings. The molecule has 0 aliphatic carbocycles. The van der Waals surface area contributed by atoms with Crippen molar-refractivity contribution < 1.29 is 27.9 Å². The zero-order valence-corrected chi connectivity index (χ0v) is 16.8. The summed E-state index contributed by atoms with van der Waals surface area (Å²) < 4.78 is 32.2. The lowest BCUT2D eigenvalue weighted by molar-refractivity contribution is -0.144. The third kappa shape index (κ3) is 3.27. The molecule has 0 saturated heterocycles. The summed E-state index contributed by atoms with van der Waals surface area (Å²) in [4.78, 5) is 24.8. The smallest absolute Gasteiger partial charge is 0.344 e. The molecule has 1 N–H and O–H groups in total. The van der Waals surface area contributed by atoms with Crippen molar-refractivity contribution >= 4 is 45.0 Å². The molecule has 0 bridgehead atoms. The summed E-state index contributed by atoms with van der Waals surface area (Å²) >= 11 is 6.09. The largest absolute Gasteiger partial charge is 0.479 e. The van der Waals surface area contributed by atoms with Gasteiger partial charge in [0.15, 0.2) is 6.10 Å². The second kappa shape index (κ2) is 6.99. The molecule has 2 aromatic carbocycles. The molecule has 2 amide bonds. The zero-order chi connectivity index (χ0) is 20.8. The van der Waals surface area contributed by atoms with Crippen LogP contribution in [0.3, 0.4) is 0 Å². The van der Waals surface area contributed by atoms with Crippen molar-refractivity contribution in [1.82, 2.24) is 0 Å². The highest BCUT2D eigenvalue weighted by molar-refractivity contribution is 7.94. The first kappa shape index (κ1) is 20.0. The second-order valence-corrected chi connectivity index (χ2v) is 8.43. The van der Waals surface area contributed by atoms with E-state index in [1.54, 1.807) is 13.0 Å². The minimum Gasteiger partial charge on any atom is -0.479 e. The van der Waals surface area contributed by atoms with Crippen molar-refractivity contribution in [2.45, 2.75) is 24.8 Å². The Balaban J connectivity index is 2.09. The van der Waals surface area contributed by atoms with Crippen LogP contribution in [0.1, 0.15) is 12.5 Å². The van der Waals surface area contributed by atoms with Crippen LogP contribution in [0.5, 0.6) is 5.75 Å². The topological polar surface area (TPSA) is 104 Å². The Bertz CT molecular complexity index is 1090. The van der Waals surface area contributed by atoms with Crippen LogP contribution < -0.4 is 13.9 Å². The van der Waals surface area contributed by atoms with Crippen LogP contribution in [-0.2, 0) is 14.8 Å². The number of nitrogens with zero attached hydrogens (tertiary/aromatic N) is 2. The van der Waals surface area contributed by atoms with Gasteiger partial charge in [-0.1, -0.05) is 17.7 Å². The van der Waals surface area contributed by atoms with E-state index in [-0.39, 0.29) is 22.0 Å². The van der Waals surface area contributed by atoms with E-state index >= 15 is 0 Å². The van der Waals surface area contributed by atoms with Crippen LogP contribution in [-0.4, -0.2) is 38.7 Å². The number of benzene rings is 2. The molecule has 0 radical (unpaired) electrons. The van der Waals surface area contributed by atoms with Crippen molar-refractivity contribution in [2.75, 3.05) is 16.3 Å². The molecule has 8 nitrogen and oxygen atoms in total. The number of fused-ring (bicyclic) bond motifs is 1. The molecule has 10 heteroatoms. The molecule has 1 aliphatic heterocycles. The first-order chi connectivity index (χ1) is 13.0. The van der Waals surface area contributed by atoms with Gasteiger partial charge in [0.25, 0.3) is 10.0 Å². The van der Waals surface area contributed by atoms with Gasteiger partial charge in [0.05, 0.1) is 11.4 Å². The first-order valence-electron chi connectivity index (χ1n) is 8.16. The Hall–Kier alpha value is -2.78. The van der Waals surface area contributed by atoms with Gasteiger partial charge in [-0.05, 0) is 43.7 Å². The van der Waals surface area contributed by atoms with E-state index in [4.69, 9.17) is 21.4 Å². The predicted octanol–water partition coefficient (Wildman–Crippen LogP) is 3.27. The summed E-state index contributed by atoms with van der Waals surface area (Å²) in [7, 11) is -2.78. The van der Waals surface area contributed by atoms with Gasteiger partial charge in [-0.2, -0.15) is 4.31 Å². The Labute approximate surface area is 166 Å². The number of halogens is 1. The third-order valence-electron chi connectivity index (χ3n) is 4.32. The number of ether oxygens (including phenoxy) is 1. The number of hydrogen-bond donors (Lipinski definition) is 1. The molecule has 3 rings (SSSR count). The monoisotopic (exact) mass is 424 g/mol. The molecule has 2 aromatic rings. The van der Waals surface area contributed by atoms with Crippen molar-refractivity contribution in [1.29, 1.82) is 0 Å². The Morgan fingerprint density at radius 3 is 2.50 bits per heavy atom. The van der Waals surface area contributed by atoms with Crippen molar-refractivity contribution in [3.63, 3.8) is 0 Å². The highest BCUT2D eigenvalue weighted by Crippen LogP contribution is 2.39. The molecule has 148 valence electrons. The normalized spacial score (nSPS) is 16.5. The Morgan fingerprint density at radius 1 is 1.21 bits per heavy atom. The van der Waals surface area contributed by atoms with Gasteiger partial charge in [0.2, 0.25) is 0 Å². The van der Waals surface area contributed by atoms with Crippen LogP contribution in [0, 0.1) is 6.92 Å². The number of aliphatic carboxylic acids is 1. The van der Waals surface area contributed by atoms with Gasteiger partial charge in [0.1, 0.15) is 10.6 Å². The standard InChI is InChI=1S/C18H17ClN2O6S/c1-10-4-5-12(8-14(10)19)21-18(24)20(3)15-9-13(27-11(2)17(22)23)6-7-16(15)28(21,25)26/h4-9,11H,1-3H3,(H,22,23)/t11-/m1/s1. The molecular weight excluding hydrogens is 408 g/mol. The fraction of sp³-hybridized carbons (Fsp3) is 0.222. The van der Waals surface area contributed by atoms with E-state index in [0.717, 1.165) is 10.5 Å². The van der Waals surface area contributed by atoms with E-state index in [1.165, 1.54) is 44.3 Å². The first-order valence-corrected chi connectivity index (χ1v) is 9.98. The fourth-order valence-electron chi connectivity index (χ4n) is 2.70. The highest BCUT2D eigenvalue weighted by atomic mass is 35.5. The molecule has 0 spiro atoms. The van der Waals surface area contributed by atoms with Crippen LogP contribution in [0.15, 0.2) is 41.3 Å². The summed E-state index contributed by atoms with van der Waals surface area (Å²) in [5.74, 6) is -1.03. The van der Waals surface area contributed by atoms with Gasteiger partial charge < -0.3 is 9.84 Å². The lowest BCUT2D eigenvalue weighted by Gasteiger charge is -2.34. The molecule has 0 aromatic heterocycles. The summed E-state index contributed by atoms with van der Waals surface area (Å²) in [5.41, 5.74) is 0.961. The number of carboxylic acids is 1. The number of sulfonamides is 1. The number of carbonyl (C=O) groups excluding carboxylic acids is 1. The van der Waals surface area contributed by atoms with Crippen LogP contribution in [0.25, 0.3) is 0 Å². The quantitative estimate of drug-likeness (QED) is 0.807. The number of carboxylic acid groups (broad SMARTS) is 1.